The van der Waals surface area contributed by atoms with E-state index in [0.29, 0.717) is 0 Å². The smallest absolute Gasteiger partial charge is 0.0841 e. The first kappa shape index (κ1) is 14.6. The fourth-order valence-electron chi connectivity index (χ4n) is 2.27. The quantitative estimate of drug-likeness (QED) is 0.603. The fraction of sp³-hybridized carbons (Fsp3) is 0.158. The Morgan fingerprint density at radius 1 is 1.10 bits per heavy atom. The SMILES string of the molecule is C=Cc1cccc(C(Cl)c2ccc(C)cc2)c1/C=C\C. The molecule has 2 rings (SSSR count). The van der Waals surface area contributed by atoms with E-state index in [1.807, 2.05) is 25.1 Å². The standard InChI is InChI=1S/C19H19Cl/c1-4-7-17-15(5-2)8-6-9-18(17)19(20)16-12-10-14(3)11-13-16/h4-13,19H,2H2,1,3H3/b7-4-. The van der Waals surface area contributed by atoms with E-state index in [0.717, 1.165) is 22.3 Å². The molecule has 102 valence electrons. The molecule has 0 amide bonds. The summed E-state index contributed by atoms with van der Waals surface area (Å²) >= 11 is 6.69. The number of rotatable bonds is 4. The van der Waals surface area contributed by atoms with E-state index in [-0.39, 0.29) is 5.38 Å². The minimum Gasteiger partial charge on any atom is -0.113 e. The number of benzene rings is 2. The van der Waals surface area contributed by atoms with Crippen molar-refractivity contribution in [3.63, 3.8) is 0 Å². The molecule has 0 aliphatic carbocycles. The minimum absolute atomic E-state index is 0.151. The van der Waals surface area contributed by atoms with Gasteiger partial charge in [0, 0.05) is 0 Å². The maximum absolute atomic E-state index is 6.69. The summed E-state index contributed by atoms with van der Waals surface area (Å²) in [7, 11) is 0. The third-order valence-corrected chi connectivity index (χ3v) is 3.86. The van der Waals surface area contributed by atoms with Crippen LogP contribution in [0.4, 0.5) is 0 Å². The third-order valence-electron chi connectivity index (χ3n) is 3.37. The molecule has 0 aliphatic rings. The lowest BCUT2D eigenvalue weighted by molar-refractivity contribution is 1.13. The van der Waals surface area contributed by atoms with Crippen LogP contribution in [0.1, 0.15) is 40.1 Å². The molecule has 0 saturated heterocycles. The Morgan fingerprint density at radius 3 is 2.40 bits per heavy atom. The molecule has 20 heavy (non-hydrogen) atoms. The van der Waals surface area contributed by atoms with Gasteiger partial charge in [-0.3, -0.25) is 0 Å². The van der Waals surface area contributed by atoms with Gasteiger partial charge in [-0.1, -0.05) is 72.8 Å². The first-order chi connectivity index (χ1) is 9.67. The number of allylic oxidation sites excluding steroid dienone is 1. The molecule has 0 fully saturated rings. The molecule has 0 aromatic heterocycles. The molecule has 1 heteroatoms. The lowest BCUT2D eigenvalue weighted by Crippen LogP contribution is -1.98. The van der Waals surface area contributed by atoms with E-state index in [4.69, 9.17) is 11.6 Å². The van der Waals surface area contributed by atoms with E-state index in [1.54, 1.807) is 0 Å². The number of hydrogen-bond donors (Lipinski definition) is 0. The number of hydrogen-bond acceptors (Lipinski definition) is 0. The van der Waals surface area contributed by atoms with Crippen molar-refractivity contribution in [1.82, 2.24) is 0 Å². The van der Waals surface area contributed by atoms with Gasteiger partial charge in [-0.2, -0.15) is 0 Å². The molecule has 0 heterocycles. The van der Waals surface area contributed by atoms with Crippen molar-refractivity contribution >= 4 is 23.8 Å². The van der Waals surface area contributed by atoms with Gasteiger partial charge in [0.05, 0.1) is 5.38 Å². The Morgan fingerprint density at radius 2 is 1.80 bits per heavy atom. The highest BCUT2D eigenvalue weighted by Crippen LogP contribution is 2.33. The van der Waals surface area contributed by atoms with Crippen LogP contribution in [0, 0.1) is 6.92 Å². The van der Waals surface area contributed by atoms with Gasteiger partial charge in [0.25, 0.3) is 0 Å². The number of aryl methyl sites for hydroxylation is 1. The van der Waals surface area contributed by atoms with Gasteiger partial charge in [0.1, 0.15) is 0 Å². The van der Waals surface area contributed by atoms with Crippen molar-refractivity contribution in [2.75, 3.05) is 0 Å². The summed E-state index contributed by atoms with van der Waals surface area (Å²) in [4.78, 5) is 0. The Labute approximate surface area is 126 Å². The minimum atomic E-state index is -0.151. The zero-order valence-corrected chi connectivity index (χ0v) is 12.7. The van der Waals surface area contributed by atoms with E-state index >= 15 is 0 Å². The van der Waals surface area contributed by atoms with E-state index in [2.05, 4.69) is 56.0 Å². The van der Waals surface area contributed by atoms with Crippen LogP contribution in [0.3, 0.4) is 0 Å². The maximum Gasteiger partial charge on any atom is 0.0841 e. The molecule has 0 radical (unpaired) electrons. The van der Waals surface area contributed by atoms with Crippen LogP contribution in [0.2, 0.25) is 0 Å². The van der Waals surface area contributed by atoms with Crippen LogP contribution in [0.25, 0.3) is 12.2 Å². The van der Waals surface area contributed by atoms with Gasteiger partial charge >= 0.3 is 0 Å². The average Bonchev–Trinajstić information content (AvgIpc) is 2.48. The summed E-state index contributed by atoms with van der Waals surface area (Å²) in [6.07, 6.45) is 6.00. The Balaban J connectivity index is 2.51. The predicted molar refractivity (Wildman–Crippen MR) is 90.1 cm³/mol. The molecule has 0 aliphatic heterocycles. The highest BCUT2D eigenvalue weighted by atomic mass is 35.5. The first-order valence-electron chi connectivity index (χ1n) is 6.76. The van der Waals surface area contributed by atoms with Gasteiger partial charge in [0.15, 0.2) is 0 Å². The summed E-state index contributed by atoms with van der Waals surface area (Å²) in [5, 5.41) is -0.151. The summed E-state index contributed by atoms with van der Waals surface area (Å²) in [6.45, 7) is 7.97. The molecule has 1 unspecified atom stereocenters. The second-order valence-electron chi connectivity index (χ2n) is 4.83. The van der Waals surface area contributed by atoms with E-state index < -0.39 is 0 Å². The van der Waals surface area contributed by atoms with Crippen LogP contribution in [-0.2, 0) is 0 Å². The molecule has 0 N–H and O–H groups in total. The molecule has 0 bridgehead atoms. The molecule has 0 nitrogen and oxygen atoms in total. The molecular weight excluding hydrogens is 264 g/mol. The largest absolute Gasteiger partial charge is 0.113 e. The van der Waals surface area contributed by atoms with Crippen LogP contribution in [-0.4, -0.2) is 0 Å². The van der Waals surface area contributed by atoms with Gasteiger partial charge < -0.3 is 0 Å². The van der Waals surface area contributed by atoms with Crippen molar-refractivity contribution in [2.45, 2.75) is 19.2 Å². The lowest BCUT2D eigenvalue weighted by Gasteiger charge is -2.16. The van der Waals surface area contributed by atoms with Crippen molar-refractivity contribution in [3.05, 3.63) is 82.9 Å². The van der Waals surface area contributed by atoms with Gasteiger partial charge in [-0.25, -0.2) is 0 Å². The second-order valence-corrected chi connectivity index (χ2v) is 5.26. The number of alkyl halides is 1. The van der Waals surface area contributed by atoms with E-state index in [9.17, 15) is 0 Å². The summed E-state index contributed by atoms with van der Waals surface area (Å²) < 4.78 is 0. The van der Waals surface area contributed by atoms with Crippen molar-refractivity contribution in [1.29, 1.82) is 0 Å². The Kier molecular flexibility index (Phi) is 4.81. The molecule has 0 saturated carbocycles. The van der Waals surface area contributed by atoms with E-state index in [1.165, 1.54) is 5.56 Å². The predicted octanol–water partition coefficient (Wildman–Crippen LogP) is 6.00. The topological polar surface area (TPSA) is 0 Å². The van der Waals surface area contributed by atoms with Crippen LogP contribution < -0.4 is 0 Å². The molecule has 0 spiro atoms. The van der Waals surface area contributed by atoms with Crippen LogP contribution in [0.15, 0.2) is 55.1 Å². The Bertz CT molecular complexity index is 621. The van der Waals surface area contributed by atoms with Gasteiger partial charge in [-0.05, 0) is 36.1 Å². The summed E-state index contributed by atoms with van der Waals surface area (Å²) in [5.74, 6) is 0. The van der Waals surface area contributed by atoms with Crippen LogP contribution in [0.5, 0.6) is 0 Å². The van der Waals surface area contributed by atoms with Crippen molar-refractivity contribution < 1.29 is 0 Å². The first-order valence-corrected chi connectivity index (χ1v) is 7.19. The second kappa shape index (κ2) is 6.58. The van der Waals surface area contributed by atoms with Crippen LogP contribution >= 0.6 is 11.6 Å². The third kappa shape index (κ3) is 3.02. The molecular formula is C19H19Cl. The van der Waals surface area contributed by atoms with Crippen molar-refractivity contribution in [2.24, 2.45) is 0 Å². The number of halogens is 1. The Hall–Kier alpha value is -1.79. The van der Waals surface area contributed by atoms with Gasteiger partial charge in [0.2, 0.25) is 0 Å². The zero-order chi connectivity index (χ0) is 14.5. The molecule has 1 atom stereocenters. The van der Waals surface area contributed by atoms with Crippen molar-refractivity contribution in [3.8, 4) is 0 Å². The zero-order valence-electron chi connectivity index (χ0n) is 11.9. The normalized spacial score (nSPS) is 12.6. The highest BCUT2D eigenvalue weighted by Gasteiger charge is 2.15. The summed E-state index contributed by atoms with van der Waals surface area (Å²) in [5.41, 5.74) is 5.73. The monoisotopic (exact) mass is 282 g/mol. The fourth-order valence-corrected chi connectivity index (χ4v) is 2.61. The molecule has 2 aromatic carbocycles. The molecule has 2 aromatic rings. The van der Waals surface area contributed by atoms with Gasteiger partial charge in [-0.15, -0.1) is 11.6 Å². The summed E-state index contributed by atoms with van der Waals surface area (Å²) in [6, 6.07) is 14.5. The average molecular weight is 283 g/mol. The highest BCUT2D eigenvalue weighted by molar-refractivity contribution is 6.22. The maximum atomic E-state index is 6.69. The lowest BCUT2D eigenvalue weighted by atomic mass is 9.94.